The second-order valence-corrected chi connectivity index (χ2v) is 6.19. The fourth-order valence-electron chi connectivity index (χ4n) is 3.20. The molecule has 7 heteroatoms. The second-order valence-electron chi connectivity index (χ2n) is 6.19. The van der Waals surface area contributed by atoms with Crippen molar-refractivity contribution >= 4 is 11.7 Å². The van der Waals surface area contributed by atoms with E-state index in [1.165, 1.54) is 0 Å². The maximum Gasteiger partial charge on any atom is 0.224 e. The summed E-state index contributed by atoms with van der Waals surface area (Å²) in [5, 5.41) is 7.40. The first-order chi connectivity index (χ1) is 11.6. The predicted octanol–water partition coefficient (Wildman–Crippen LogP) is 2.09. The third kappa shape index (κ3) is 3.55. The van der Waals surface area contributed by atoms with Crippen molar-refractivity contribution < 1.29 is 4.79 Å². The molecule has 1 saturated heterocycles. The monoisotopic (exact) mass is 328 g/mol. The summed E-state index contributed by atoms with van der Waals surface area (Å²) in [6.07, 6.45) is 4.33. The van der Waals surface area contributed by atoms with E-state index in [-0.39, 0.29) is 11.9 Å². The molecule has 0 radical (unpaired) electrons. The van der Waals surface area contributed by atoms with E-state index < -0.39 is 0 Å². The maximum atomic E-state index is 12.7. The van der Waals surface area contributed by atoms with Gasteiger partial charge in [0.2, 0.25) is 5.91 Å². The Bertz CT molecular complexity index is 726. The fourth-order valence-corrected chi connectivity index (χ4v) is 3.20. The van der Waals surface area contributed by atoms with E-state index in [0.29, 0.717) is 13.0 Å². The molecule has 2 aromatic heterocycles. The molecule has 0 bridgehead atoms. The Morgan fingerprint density at radius 1 is 1.38 bits per heavy atom. The van der Waals surface area contributed by atoms with Crippen LogP contribution in [0.3, 0.4) is 0 Å². The van der Waals surface area contributed by atoms with Crippen LogP contribution in [0.5, 0.6) is 0 Å². The molecule has 0 aliphatic carbocycles. The number of likely N-dealkylation sites (tertiary alicyclic amines) is 1. The highest BCUT2D eigenvalue weighted by Crippen LogP contribution is 2.32. The molecule has 3 heterocycles. The lowest BCUT2D eigenvalue weighted by atomic mass is 10.1. The molecule has 3 rings (SSSR count). The number of hydrogen-bond acceptors (Lipinski definition) is 5. The number of anilines is 1. The van der Waals surface area contributed by atoms with Gasteiger partial charge in [-0.1, -0.05) is 0 Å². The van der Waals surface area contributed by atoms with Crippen molar-refractivity contribution in [3.8, 4) is 0 Å². The van der Waals surface area contributed by atoms with E-state index in [9.17, 15) is 4.79 Å². The molecule has 0 unspecified atom stereocenters. The van der Waals surface area contributed by atoms with Crippen LogP contribution < -0.4 is 5.32 Å². The lowest BCUT2D eigenvalue weighted by molar-refractivity contribution is -0.132. The summed E-state index contributed by atoms with van der Waals surface area (Å²) in [5.41, 5.74) is 1.89. The number of carbonyl (C=O) groups is 1. The van der Waals surface area contributed by atoms with Crippen molar-refractivity contribution in [1.29, 1.82) is 0 Å². The van der Waals surface area contributed by atoms with Gasteiger partial charge in [0, 0.05) is 38.8 Å². The third-order valence-electron chi connectivity index (χ3n) is 4.36. The van der Waals surface area contributed by atoms with Gasteiger partial charge >= 0.3 is 0 Å². The molecule has 2 aromatic rings. The summed E-state index contributed by atoms with van der Waals surface area (Å²) in [6, 6.07) is 3.94. The van der Waals surface area contributed by atoms with Crippen LogP contribution in [0, 0.1) is 13.8 Å². The standard InChI is InChI=1S/C17H24N6O/c1-12-6-9-22(21-12)10-7-17(24)23-8-4-5-15(23)14-11-16(18-3)20-13(2)19-14/h6,9,11,15H,4-5,7-8,10H2,1-3H3,(H,18,19,20)/t15-/m0/s1. The molecule has 0 saturated carbocycles. The van der Waals surface area contributed by atoms with Gasteiger partial charge in [-0.15, -0.1) is 0 Å². The van der Waals surface area contributed by atoms with Crippen molar-refractivity contribution in [2.24, 2.45) is 0 Å². The van der Waals surface area contributed by atoms with Crippen molar-refractivity contribution in [2.75, 3.05) is 18.9 Å². The van der Waals surface area contributed by atoms with E-state index in [4.69, 9.17) is 0 Å². The zero-order valence-electron chi connectivity index (χ0n) is 14.5. The van der Waals surface area contributed by atoms with Crippen LogP contribution in [0.2, 0.25) is 0 Å². The molecular formula is C17H24N6O. The molecule has 7 nitrogen and oxygen atoms in total. The van der Waals surface area contributed by atoms with Crippen LogP contribution in [0.15, 0.2) is 18.3 Å². The Labute approximate surface area is 142 Å². The minimum atomic E-state index is 0.0469. The van der Waals surface area contributed by atoms with Crippen LogP contribution in [-0.4, -0.2) is 44.1 Å². The number of nitrogens with one attached hydrogen (secondary N) is 1. The van der Waals surface area contributed by atoms with Crippen molar-refractivity contribution in [1.82, 2.24) is 24.6 Å². The first kappa shape index (κ1) is 16.4. The molecular weight excluding hydrogens is 304 g/mol. The summed E-state index contributed by atoms with van der Waals surface area (Å²) in [4.78, 5) is 23.5. The number of hydrogen-bond donors (Lipinski definition) is 1. The van der Waals surface area contributed by atoms with Gasteiger partial charge in [0.25, 0.3) is 0 Å². The van der Waals surface area contributed by atoms with Crippen LogP contribution in [-0.2, 0) is 11.3 Å². The molecule has 0 spiro atoms. The zero-order valence-corrected chi connectivity index (χ0v) is 14.5. The van der Waals surface area contributed by atoms with Crippen molar-refractivity contribution in [3.05, 3.63) is 35.5 Å². The number of aryl methyl sites for hydroxylation is 3. The van der Waals surface area contributed by atoms with Gasteiger partial charge in [-0.2, -0.15) is 5.10 Å². The van der Waals surface area contributed by atoms with Crippen LogP contribution in [0.4, 0.5) is 5.82 Å². The maximum absolute atomic E-state index is 12.7. The van der Waals surface area contributed by atoms with E-state index in [1.54, 1.807) is 0 Å². The van der Waals surface area contributed by atoms with Gasteiger partial charge in [-0.3, -0.25) is 9.48 Å². The normalized spacial score (nSPS) is 17.3. The fraction of sp³-hybridized carbons (Fsp3) is 0.529. The summed E-state index contributed by atoms with van der Waals surface area (Å²) < 4.78 is 1.83. The smallest absolute Gasteiger partial charge is 0.224 e. The number of aromatic nitrogens is 4. The lowest BCUT2D eigenvalue weighted by Gasteiger charge is -2.25. The van der Waals surface area contributed by atoms with Crippen molar-refractivity contribution in [3.63, 3.8) is 0 Å². The molecule has 1 aliphatic heterocycles. The van der Waals surface area contributed by atoms with Gasteiger partial charge < -0.3 is 10.2 Å². The molecule has 24 heavy (non-hydrogen) atoms. The van der Waals surface area contributed by atoms with Crippen molar-refractivity contribution in [2.45, 2.75) is 45.7 Å². The Morgan fingerprint density at radius 3 is 2.92 bits per heavy atom. The van der Waals surface area contributed by atoms with E-state index >= 15 is 0 Å². The SMILES string of the molecule is CNc1cc([C@@H]2CCCN2C(=O)CCn2ccc(C)n2)nc(C)n1. The molecule has 1 N–H and O–H groups in total. The Hall–Kier alpha value is -2.44. The minimum Gasteiger partial charge on any atom is -0.373 e. The molecule has 1 fully saturated rings. The summed E-state index contributed by atoms with van der Waals surface area (Å²) in [5.74, 6) is 1.68. The zero-order chi connectivity index (χ0) is 17.1. The van der Waals surface area contributed by atoms with E-state index in [0.717, 1.165) is 42.4 Å². The molecule has 128 valence electrons. The Balaban J connectivity index is 1.70. The Kier molecular flexibility index (Phi) is 4.78. The third-order valence-corrected chi connectivity index (χ3v) is 4.36. The largest absolute Gasteiger partial charge is 0.373 e. The Morgan fingerprint density at radius 2 is 2.21 bits per heavy atom. The van der Waals surface area contributed by atoms with Gasteiger partial charge in [0.1, 0.15) is 11.6 Å². The second kappa shape index (κ2) is 6.98. The quantitative estimate of drug-likeness (QED) is 0.909. The number of nitrogens with zero attached hydrogens (tertiary/aromatic N) is 5. The number of rotatable bonds is 5. The molecule has 1 atom stereocenters. The number of amides is 1. The average Bonchev–Trinajstić information content (AvgIpc) is 3.21. The van der Waals surface area contributed by atoms with E-state index in [1.807, 2.05) is 48.8 Å². The van der Waals surface area contributed by atoms with Crippen LogP contribution >= 0.6 is 0 Å². The average molecular weight is 328 g/mol. The highest BCUT2D eigenvalue weighted by Gasteiger charge is 2.31. The van der Waals surface area contributed by atoms with E-state index in [2.05, 4.69) is 20.4 Å². The van der Waals surface area contributed by atoms with Gasteiger partial charge in [-0.05, 0) is 32.8 Å². The first-order valence-electron chi connectivity index (χ1n) is 8.39. The summed E-state index contributed by atoms with van der Waals surface area (Å²) >= 11 is 0. The topological polar surface area (TPSA) is 75.9 Å². The minimum absolute atomic E-state index is 0.0469. The highest BCUT2D eigenvalue weighted by atomic mass is 16.2. The van der Waals surface area contributed by atoms with Crippen LogP contribution in [0.1, 0.15) is 42.5 Å². The molecule has 0 aromatic carbocycles. The first-order valence-corrected chi connectivity index (χ1v) is 8.39. The lowest BCUT2D eigenvalue weighted by Crippen LogP contribution is -2.31. The van der Waals surface area contributed by atoms with Crippen LogP contribution in [0.25, 0.3) is 0 Å². The highest BCUT2D eigenvalue weighted by molar-refractivity contribution is 5.77. The predicted molar refractivity (Wildman–Crippen MR) is 91.6 cm³/mol. The number of carbonyl (C=O) groups excluding carboxylic acids is 1. The summed E-state index contributed by atoms with van der Waals surface area (Å²) in [7, 11) is 1.84. The molecule has 1 amide bonds. The molecule has 1 aliphatic rings. The van der Waals surface area contributed by atoms with Gasteiger partial charge in [-0.25, -0.2) is 9.97 Å². The van der Waals surface area contributed by atoms with Gasteiger partial charge in [0.15, 0.2) is 0 Å². The van der Waals surface area contributed by atoms with Gasteiger partial charge in [0.05, 0.1) is 17.4 Å². The summed E-state index contributed by atoms with van der Waals surface area (Å²) in [6.45, 7) is 5.23.